The topological polar surface area (TPSA) is 93.4 Å². The fraction of sp³-hybridized carbons (Fsp3) is 0.167. The molecule has 0 aliphatic rings. The second kappa shape index (κ2) is 8.59. The highest BCUT2D eigenvalue weighted by Crippen LogP contribution is 2.26. The third-order valence-electron chi connectivity index (χ3n) is 5.52. The normalized spacial score (nSPS) is 11.5. The number of hydrogen-bond donors (Lipinski definition) is 1. The summed E-state index contributed by atoms with van der Waals surface area (Å²) in [6, 6.07) is 21.0. The van der Waals surface area contributed by atoms with Crippen LogP contribution in [-0.2, 0) is 30.7 Å². The molecule has 0 saturated carbocycles. The van der Waals surface area contributed by atoms with Crippen LogP contribution in [0.3, 0.4) is 0 Å². The minimum absolute atomic E-state index is 0.0993. The summed E-state index contributed by atoms with van der Waals surface area (Å²) >= 11 is 0. The number of carbonyl (C=O) groups excluding carboxylic acids is 1. The average molecular weight is 465 g/mol. The second-order valence-electron chi connectivity index (χ2n) is 7.83. The van der Waals surface area contributed by atoms with Gasteiger partial charge >= 0.3 is 5.69 Å². The van der Waals surface area contributed by atoms with Gasteiger partial charge in [0.25, 0.3) is 5.91 Å². The molecule has 9 heteroatoms. The van der Waals surface area contributed by atoms with Gasteiger partial charge in [0.2, 0.25) is 10.0 Å². The van der Waals surface area contributed by atoms with Crippen molar-refractivity contribution < 1.29 is 13.2 Å². The van der Waals surface area contributed by atoms with Gasteiger partial charge < -0.3 is 5.32 Å². The van der Waals surface area contributed by atoms with Crippen LogP contribution in [-0.4, -0.2) is 29.7 Å². The molecular formula is C24H24N4O4S. The summed E-state index contributed by atoms with van der Waals surface area (Å²) in [7, 11) is -0.317. The number of aromatic nitrogens is 2. The Kier molecular flexibility index (Phi) is 5.82. The lowest BCUT2D eigenvalue weighted by Crippen LogP contribution is -2.31. The zero-order valence-corrected chi connectivity index (χ0v) is 19.3. The van der Waals surface area contributed by atoms with Gasteiger partial charge in [0.1, 0.15) is 0 Å². The molecule has 1 heterocycles. The van der Waals surface area contributed by atoms with E-state index in [9.17, 15) is 18.0 Å². The number of benzene rings is 3. The van der Waals surface area contributed by atoms with Gasteiger partial charge in [0.05, 0.1) is 35.1 Å². The molecule has 0 spiro atoms. The molecule has 1 amide bonds. The molecule has 3 aromatic carbocycles. The summed E-state index contributed by atoms with van der Waals surface area (Å²) in [6.07, 6.45) is 1.12. The van der Waals surface area contributed by atoms with Gasteiger partial charge in [-0.2, -0.15) is 0 Å². The Labute approximate surface area is 191 Å². The van der Waals surface area contributed by atoms with Crippen LogP contribution < -0.4 is 15.3 Å². The lowest BCUT2D eigenvalue weighted by molar-refractivity contribution is 0.102. The van der Waals surface area contributed by atoms with Crippen LogP contribution in [0.2, 0.25) is 0 Å². The maximum atomic E-state index is 13.2. The third kappa shape index (κ3) is 4.40. The molecule has 1 N–H and O–H groups in total. The fourth-order valence-corrected chi connectivity index (χ4v) is 4.70. The van der Waals surface area contributed by atoms with Gasteiger partial charge in [0.15, 0.2) is 0 Å². The van der Waals surface area contributed by atoms with E-state index >= 15 is 0 Å². The molecule has 0 aliphatic carbocycles. The van der Waals surface area contributed by atoms with Gasteiger partial charge in [-0.3, -0.25) is 18.2 Å². The first kappa shape index (κ1) is 22.3. The molecule has 170 valence electrons. The molecule has 0 atom stereocenters. The van der Waals surface area contributed by atoms with E-state index in [0.29, 0.717) is 11.2 Å². The van der Waals surface area contributed by atoms with Crippen LogP contribution in [0.5, 0.6) is 0 Å². The van der Waals surface area contributed by atoms with Crippen LogP contribution in [0.4, 0.5) is 11.4 Å². The first-order valence-corrected chi connectivity index (χ1v) is 12.1. The Hall–Kier alpha value is -3.85. The predicted octanol–water partition coefficient (Wildman–Crippen LogP) is 3.10. The Bertz CT molecular complexity index is 1500. The summed E-state index contributed by atoms with van der Waals surface area (Å²) in [5.74, 6) is -0.451. The van der Waals surface area contributed by atoms with Crippen molar-refractivity contribution in [2.75, 3.05) is 15.9 Å². The van der Waals surface area contributed by atoms with Crippen molar-refractivity contribution in [1.82, 2.24) is 9.13 Å². The van der Waals surface area contributed by atoms with E-state index in [-0.39, 0.29) is 23.5 Å². The Morgan fingerprint density at radius 3 is 2.24 bits per heavy atom. The number of sulfonamides is 1. The summed E-state index contributed by atoms with van der Waals surface area (Å²) in [4.78, 5) is 25.4. The molecule has 8 nitrogen and oxygen atoms in total. The minimum atomic E-state index is -3.67. The number of aryl methyl sites for hydroxylation is 2. The number of nitrogens with zero attached hydrogens (tertiary/aromatic N) is 3. The van der Waals surface area contributed by atoms with Crippen molar-refractivity contribution in [3.05, 3.63) is 94.4 Å². The number of hydrogen-bond acceptors (Lipinski definition) is 4. The van der Waals surface area contributed by atoms with Gasteiger partial charge in [0, 0.05) is 19.8 Å². The number of anilines is 2. The molecule has 0 radical (unpaired) electrons. The second-order valence-corrected chi connectivity index (χ2v) is 9.74. The first-order valence-electron chi connectivity index (χ1n) is 10.2. The van der Waals surface area contributed by atoms with Gasteiger partial charge in [-0.1, -0.05) is 42.5 Å². The van der Waals surface area contributed by atoms with E-state index in [2.05, 4.69) is 5.32 Å². The van der Waals surface area contributed by atoms with E-state index in [4.69, 9.17) is 0 Å². The van der Waals surface area contributed by atoms with Crippen molar-refractivity contribution in [2.45, 2.75) is 6.54 Å². The number of amides is 1. The van der Waals surface area contributed by atoms with E-state index in [1.165, 1.54) is 13.4 Å². The van der Waals surface area contributed by atoms with Gasteiger partial charge in [-0.15, -0.1) is 0 Å². The van der Waals surface area contributed by atoms with Crippen LogP contribution in [0.1, 0.15) is 15.9 Å². The van der Waals surface area contributed by atoms with Crippen LogP contribution >= 0.6 is 0 Å². The molecule has 0 aliphatic heterocycles. The van der Waals surface area contributed by atoms with Crippen molar-refractivity contribution >= 4 is 38.3 Å². The van der Waals surface area contributed by atoms with Crippen molar-refractivity contribution in [3.8, 4) is 0 Å². The van der Waals surface area contributed by atoms with Crippen molar-refractivity contribution in [1.29, 1.82) is 0 Å². The highest BCUT2D eigenvalue weighted by molar-refractivity contribution is 7.92. The smallest absolute Gasteiger partial charge is 0.322 e. The maximum Gasteiger partial charge on any atom is 0.328 e. The molecule has 0 saturated heterocycles. The van der Waals surface area contributed by atoms with Crippen molar-refractivity contribution in [2.24, 2.45) is 14.1 Å². The lowest BCUT2D eigenvalue weighted by Gasteiger charge is -2.24. The van der Waals surface area contributed by atoms with E-state index < -0.39 is 15.9 Å². The molecular weight excluding hydrogens is 440 g/mol. The lowest BCUT2D eigenvalue weighted by atomic mass is 10.1. The van der Waals surface area contributed by atoms with Crippen LogP contribution in [0.15, 0.2) is 77.6 Å². The minimum Gasteiger partial charge on any atom is -0.322 e. The highest BCUT2D eigenvalue weighted by atomic mass is 32.2. The number of imidazole rings is 1. The average Bonchev–Trinajstić information content (AvgIpc) is 3.01. The molecule has 4 aromatic rings. The Balaban J connectivity index is 1.70. The number of fused-ring (bicyclic) bond motifs is 1. The number of rotatable bonds is 6. The highest BCUT2D eigenvalue weighted by Gasteiger charge is 2.23. The molecule has 0 bridgehead atoms. The molecule has 1 aromatic heterocycles. The predicted molar refractivity (Wildman–Crippen MR) is 130 cm³/mol. The largest absolute Gasteiger partial charge is 0.328 e. The molecule has 0 unspecified atom stereocenters. The monoisotopic (exact) mass is 464 g/mol. The summed E-state index contributed by atoms with van der Waals surface area (Å²) in [5, 5.41) is 2.83. The SMILES string of the molecule is Cn1c(=O)n(C)c2cc(NC(=O)c3ccccc3N(Cc3ccccc3)S(C)(=O)=O)ccc21. The summed E-state index contributed by atoms with van der Waals surface area (Å²) < 4.78 is 29.6. The summed E-state index contributed by atoms with van der Waals surface area (Å²) in [5.41, 5.74) is 3.06. The standard InChI is InChI=1S/C24H24N4O4S/c1-26-21-14-13-18(15-22(21)27(2)24(26)30)25-23(29)19-11-7-8-12-20(19)28(33(3,31)32)16-17-9-5-4-6-10-17/h4-15H,16H2,1-3H3,(H,25,29). The molecule has 4 rings (SSSR count). The number of para-hydroxylation sites is 1. The van der Waals surface area contributed by atoms with Gasteiger partial charge in [-0.25, -0.2) is 13.2 Å². The fourth-order valence-electron chi connectivity index (χ4n) is 3.80. The maximum absolute atomic E-state index is 13.2. The molecule has 0 fully saturated rings. The van der Waals surface area contributed by atoms with Crippen LogP contribution in [0, 0.1) is 0 Å². The van der Waals surface area contributed by atoms with Crippen LogP contribution in [0.25, 0.3) is 11.0 Å². The zero-order valence-electron chi connectivity index (χ0n) is 18.5. The Morgan fingerprint density at radius 1 is 0.909 bits per heavy atom. The number of carbonyl (C=O) groups is 1. The van der Waals surface area contributed by atoms with E-state index in [1.54, 1.807) is 56.6 Å². The summed E-state index contributed by atoms with van der Waals surface area (Å²) in [6.45, 7) is 0.0993. The van der Waals surface area contributed by atoms with E-state index in [1.807, 2.05) is 30.3 Å². The zero-order chi connectivity index (χ0) is 23.8. The first-order chi connectivity index (χ1) is 15.7. The van der Waals surface area contributed by atoms with Crippen molar-refractivity contribution in [3.63, 3.8) is 0 Å². The quantitative estimate of drug-likeness (QED) is 0.475. The van der Waals surface area contributed by atoms with Gasteiger partial charge in [-0.05, 0) is 35.9 Å². The Morgan fingerprint density at radius 2 is 1.55 bits per heavy atom. The molecule has 33 heavy (non-hydrogen) atoms. The number of nitrogens with one attached hydrogen (secondary N) is 1. The van der Waals surface area contributed by atoms with E-state index in [0.717, 1.165) is 17.3 Å². The third-order valence-corrected chi connectivity index (χ3v) is 6.64.